The smallest absolute Gasteiger partial charge is 0.332 e. The molecule has 0 aliphatic carbocycles. The van der Waals surface area contributed by atoms with Gasteiger partial charge in [0.2, 0.25) is 0 Å². The van der Waals surface area contributed by atoms with Crippen molar-refractivity contribution in [3.05, 3.63) is 132 Å². The van der Waals surface area contributed by atoms with E-state index in [0.717, 1.165) is 23.1 Å². The highest BCUT2D eigenvalue weighted by atomic mass is 16.6. The second-order valence-corrected chi connectivity index (χ2v) is 11.7. The van der Waals surface area contributed by atoms with Crippen LogP contribution in [0.1, 0.15) is 126 Å². The molecule has 230 valence electrons. The average Bonchev–Trinajstić information content (AvgIpc) is 3.06. The number of carbonyl (C=O) groups excluding carboxylic acids is 1. The lowest BCUT2D eigenvalue weighted by molar-refractivity contribution is -0.147. The Kier molecular flexibility index (Phi) is 16.9. The zero-order chi connectivity index (χ0) is 30.3. The zero-order valence-electron chi connectivity index (χ0n) is 26.6. The van der Waals surface area contributed by atoms with Gasteiger partial charge in [-0.2, -0.15) is 0 Å². The van der Waals surface area contributed by atoms with E-state index in [0.29, 0.717) is 0 Å². The van der Waals surface area contributed by atoms with Crippen molar-refractivity contribution in [2.45, 2.75) is 115 Å². The van der Waals surface area contributed by atoms with Gasteiger partial charge in [-0.05, 0) is 12.8 Å². The number of hydrogen-bond acceptors (Lipinski definition) is 2. The quantitative estimate of drug-likeness (QED) is 0.0390. The SMILES string of the molecule is CCCCCCCCCCCCCCCCCC=CC=CC(=O)OC(c1ccccc1)(c1ccccc1)c1ccccc1. The molecule has 0 saturated carbocycles. The van der Waals surface area contributed by atoms with Crippen molar-refractivity contribution in [1.29, 1.82) is 0 Å². The van der Waals surface area contributed by atoms with Crippen molar-refractivity contribution in [3.8, 4) is 0 Å². The van der Waals surface area contributed by atoms with Crippen molar-refractivity contribution in [3.63, 3.8) is 0 Å². The number of allylic oxidation sites excluding steroid dienone is 3. The van der Waals surface area contributed by atoms with Crippen LogP contribution in [0.2, 0.25) is 0 Å². The number of esters is 1. The molecule has 0 N–H and O–H groups in total. The molecule has 0 heterocycles. The molecular formula is C41H54O2. The van der Waals surface area contributed by atoms with E-state index in [1.165, 1.54) is 102 Å². The Morgan fingerprint density at radius 3 is 1.30 bits per heavy atom. The molecule has 0 amide bonds. The molecule has 0 aliphatic rings. The van der Waals surface area contributed by atoms with Gasteiger partial charge in [0.05, 0.1) is 0 Å². The molecule has 0 unspecified atom stereocenters. The number of carbonyl (C=O) groups is 1. The van der Waals surface area contributed by atoms with Crippen LogP contribution in [0, 0.1) is 0 Å². The maximum atomic E-state index is 13.2. The summed E-state index contributed by atoms with van der Waals surface area (Å²) < 4.78 is 6.37. The first-order chi connectivity index (χ1) is 21.3. The fraction of sp³-hybridized carbons (Fsp3) is 0.439. The van der Waals surface area contributed by atoms with Gasteiger partial charge in [-0.3, -0.25) is 0 Å². The number of unbranched alkanes of at least 4 members (excludes halogenated alkanes) is 15. The van der Waals surface area contributed by atoms with Crippen LogP contribution in [0.3, 0.4) is 0 Å². The van der Waals surface area contributed by atoms with E-state index in [9.17, 15) is 4.79 Å². The van der Waals surface area contributed by atoms with Crippen molar-refractivity contribution in [2.75, 3.05) is 0 Å². The largest absolute Gasteiger partial charge is 0.441 e. The van der Waals surface area contributed by atoms with E-state index in [4.69, 9.17) is 4.74 Å². The third-order valence-electron chi connectivity index (χ3n) is 8.25. The predicted molar refractivity (Wildman–Crippen MR) is 183 cm³/mol. The van der Waals surface area contributed by atoms with Gasteiger partial charge in [0.25, 0.3) is 0 Å². The van der Waals surface area contributed by atoms with Crippen LogP contribution in [0.4, 0.5) is 0 Å². The summed E-state index contributed by atoms with van der Waals surface area (Å²) in [5, 5.41) is 0. The molecule has 0 aliphatic heterocycles. The highest BCUT2D eigenvalue weighted by molar-refractivity contribution is 5.83. The van der Waals surface area contributed by atoms with E-state index in [1.807, 2.05) is 97.1 Å². The zero-order valence-corrected chi connectivity index (χ0v) is 26.6. The summed E-state index contributed by atoms with van der Waals surface area (Å²) in [6.07, 6.45) is 29.2. The minimum atomic E-state index is -1.04. The third-order valence-corrected chi connectivity index (χ3v) is 8.25. The lowest BCUT2D eigenvalue weighted by Gasteiger charge is -2.35. The maximum Gasteiger partial charge on any atom is 0.332 e. The van der Waals surface area contributed by atoms with E-state index in [-0.39, 0.29) is 5.97 Å². The molecule has 0 radical (unpaired) electrons. The molecule has 43 heavy (non-hydrogen) atoms. The lowest BCUT2D eigenvalue weighted by Crippen LogP contribution is -2.34. The minimum Gasteiger partial charge on any atom is -0.441 e. The van der Waals surface area contributed by atoms with Gasteiger partial charge in [0.15, 0.2) is 5.60 Å². The predicted octanol–water partition coefficient (Wildman–Crippen LogP) is 11.9. The first-order valence-corrected chi connectivity index (χ1v) is 17.0. The number of ether oxygens (including phenoxy) is 1. The summed E-state index contributed by atoms with van der Waals surface area (Å²) in [6, 6.07) is 30.0. The maximum absolute atomic E-state index is 13.2. The molecule has 0 bridgehead atoms. The third kappa shape index (κ3) is 12.4. The Hall–Kier alpha value is -3.39. The van der Waals surface area contributed by atoms with Gasteiger partial charge in [-0.1, -0.05) is 206 Å². The highest BCUT2D eigenvalue weighted by Crippen LogP contribution is 2.40. The van der Waals surface area contributed by atoms with Gasteiger partial charge >= 0.3 is 5.97 Å². The van der Waals surface area contributed by atoms with Crippen LogP contribution < -0.4 is 0 Å². The molecular weight excluding hydrogens is 524 g/mol. The monoisotopic (exact) mass is 578 g/mol. The van der Waals surface area contributed by atoms with Gasteiger partial charge in [-0.15, -0.1) is 0 Å². The van der Waals surface area contributed by atoms with Crippen molar-refractivity contribution < 1.29 is 9.53 Å². The Balaban J connectivity index is 1.38. The molecule has 2 heteroatoms. The highest BCUT2D eigenvalue weighted by Gasteiger charge is 2.40. The van der Waals surface area contributed by atoms with Crippen molar-refractivity contribution >= 4 is 5.97 Å². The molecule has 0 spiro atoms. The van der Waals surface area contributed by atoms with E-state index < -0.39 is 5.60 Å². The van der Waals surface area contributed by atoms with E-state index >= 15 is 0 Å². The van der Waals surface area contributed by atoms with Crippen LogP contribution in [0.15, 0.2) is 115 Å². The number of rotatable bonds is 22. The standard InChI is InChI=1S/C41H54O2/c1-2-3-4-5-6-7-8-9-10-11-12-13-14-15-16-17-18-19-29-36-40(42)43-41(37-30-23-20-24-31-37,38-32-25-21-26-33-38)39-34-27-22-28-35-39/h18-36H,2-17H2,1H3. The molecule has 0 atom stereocenters. The van der Waals surface area contributed by atoms with Gasteiger partial charge in [0.1, 0.15) is 0 Å². The summed E-state index contributed by atoms with van der Waals surface area (Å²) in [6.45, 7) is 2.29. The second kappa shape index (κ2) is 21.3. The first-order valence-electron chi connectivity index (χ1n) is 17.0. The summed E-state index contributed by atoms with van der Waals surface area (Å²) in [7, 11) is 0. The van der Waals surface area contributed by atoms with Crippen molar-refractivity contribution in [1.82, 2.24) is 0 Å². The van der Waals surface area contributed by atoms with Crippen LogP contribution in [-0.2, 0) is 15.1 Å². The van der Waals surface area contributed by atoms with Crippen LogP contribution in [0.5, 0.6) is 0 Å². The Morgan fingerprint density at radius 1 is 0.535 bits per heavy atom. The minimum absolute atomic E-state index is 0.367. The Labute approximate surface area is 262 Å². The fourth-order valence-electron chi connectivity index (χ4n) is 5.82. The Bertz CT molecular complexity index is 1070. The number of benzene rings is 3. The van der Waals surface area contributed by atoms with Crippen LogP contribution >= 0.6 is 0 Å². The van der Waals surface area contributed by atoms with E-state index in [1.54, 1.807) is 6.08 Å². The molecule has 3 aromatic rings. The van der Waals surface area contributed by atoms with Crippen LogP contribution in [0.25, 0.3) is 0 Å². The number of hydrogen-bond donors (Lipinski definition) is 0. The summed E-state index contributed by atoms with van der Waals surface area (Å²) >= 11 is 0. The average molecular weight is 579 g/mol. The lowest BCUT2D eigenvalue weighted by atomic mass is 9.80. The molecule has 0 fully saturated rings. The van der Waals surface area contributed by atoms with Crippen molar-refractivity contribution in [2.24, 2.45) is 0 Å². The van der Waals surface area contributed by atoms with Gasteiger partial charge < -0.3 is 4.74 Å². The molecule has 3 rings (SSSR count). The summed E-state index contributed by atoms with van der Waals surface area (Å²) in [5.41, 5.74) is 1.71. The first kappa shape index (κ1) is 34.1. The summed E-state index contributed by atoms with van der Waals surface area (Å²) in [4.78, 5) is 13.2. The fourth-order valence-corrected chi connectivity index (χ4v) is 5.82. The van der Waals surface area contributed by atoms with Crippen LogP contribution in [-0.4, -0.2) is 5.97 Å². The molecule has 0 saturated heterocycles. The normalized spacial score (nSPS) is 11.8. The van der Waals surface area contributed by atoms with Gasteiger partial charge in [0, 0.05) is 22.8 Å². The molecule has 0 aromatic heterocycles. The summed E-state index contributed by atoms with van der Waals surface area (Å²) in [5.74, 6) is -0.367. The Morgan fingerprint density at radius 2 is 0.907 bits per heavy atom. The molecule has 2 nitrogen and oxygen atoms in total. The van der Waals surface area contributed by atoms with E-state index in [2.05, 4.69) is 13.0 Å². The second-order valence-electron chi connectivity index (χ2n) is 11.7. The topological polar surface area (TPSA) is 26.3 Å². The molecule has 3 aromatic carbocycles. The van der Waals surface area contributed by atoms with Gasteiger partial charge in [-0.25, -0.2) is 4.79 Å².